The van der Waals surface area contributed by atoms with E-state index in [2.05, 4.69) is 10.3 Å². The number of anilines is 1. The van der Waals surface area contributed by atoms with Gasteiger partial charge in [-0.05, 0) is 18.2 Å². The lowest BCUT2D eigenvalue weighted by Crippen LogP contribution is -2.28. The molecule has 0 saturated carbocycles. The zero-order chi connectivity index (χ0) is 15.4. The van der Waals surface area contributed by atoms with E-state index in [1.54, 1.807) is 24.3 Å². The number of hydrogen-bond acceptors (Lipinski definition) is 5. The Balaban J connectivity index is 2.20. The van der Waals surface area contributed by atoms with Gasteiger partial charge in [0.15, 0.2) is 11.7 Å². The second kappa shape index (κ2) is 6.68. The monoisotopic (exact) mass is 339 g/mol. The van der Waals surface area contributed by atoms with E-state index in [9.17, 15) is 9.59 Å². The number of amides is 1. The standard InChI is InChI=1S/C13H7Cl2N3O2S/c14-9-5-7(12(15)21-9)11(19)8(6-16)13(20)18-10-3-1-2-4-17-10/h1-5,8H,(H,17,18,20)/t8-/m0/s1. The third-order valence-corrected chi connectivity index (χ3v) is 3.98. The van der Waals surface area contributed by atoms with E-state index in [0.717, 1.165) is 11.3 Å². The van der Waals surface area contributed by atoms with Gasteiger partial charge in [0.1, 0.15) is 10.2 Å². The zero-order valence-electron chi connectivity index (χ0n) is 10.3. The van der Waals surface area contributed by atoms with Crippen LogP contribution >= 0.6 is 34.5 Å². The van der Waals surface area contributed by atoms with E-state index in [0.29, 0.717) is 4.34 Å². The molecule has 2 heterocycles. The van der Waals surface area contributed by atoms with E-state index < -0.39 is 17.6 Å². The molecule has 0 aliphatic carbocycles. The number of carbonyl (C=O) groups is 2. The molecule has 1 amide bonds. The highest BCUT2D eigenvalue weighted by Gasteiger charge is 2.30. The molecular formula is C13H7Cl2N3O2S. The Labute approximate surface area is 134 Å². The normalized spacial score (nSPS) is 11.5. The number of carbonyl (C=O) groups excluding carboxylic acids is 2. The van der Waals surface area contributed by atoms with Gasteiger partial charge in [0.25, 0.3) is 5.91 Å². The number of halogens is 2. The molecule has 0 aliphatic heterocycles. The van der Waals surface area contributed by atoms with Gasteiger partial charge in [-0.25, -0.2) is 4.98 Å². The number of nitriles is 1. The van der Waals surface area contributed by atoms with Crippen molar-refractivity contribution in [2.24, 2.45) is 5.92 Å². The first-order valence-corrected chi connectivity index (χ1v) is 7.20. The van der Waals surface area contributed by atoms with Gasteiger partial charge in [-0.15, -0.1) is 11.3 Å². The summed E-state index contributed by atoms with van der Waals surface area (Å²) in [5.74, 6) is -2.72. The lowest BCUT2D eigenvalue weighted by atomic mass is 10.0. The van der Waals surface area contributed by atoms with Crippen LogP contribution in [0.1, 0.15) is 10.4 Å². The maximum Gasteiger partial charge on any atom is 0.250 e. The van der Waals surface area contributed by atoms with Crippen LogP contribution in [0.3, 0.4) is 0 Å². The van der Waals surface area contributed by atoms with Crippen LogP contribution in [0.5, 0.6) is 0 Å². The van der Waals surface area contributed by atoms with Crippen molar-refractivity contribution in [2.45, 2.75) is 0 Å². The molecule has 106 valence electrons. The number of nitrogens with one attached hydrogen (secondary N) is 1. The number of Topliss-reactive ketones (excluding diaryl/α,β-unsaturated/α-hetero) is 1. The van der Waals surface area contributed by atoms with Crippen molar-refractivity contribution < 1.29 is 9.59 Å². The average Bonchev–Trinajstić information content (AvgIpc) is 2.79. The summed E-state index contributed by atoms with van der Waals surface area (Å²) in [6.07, 6.45) is 1.48. The van der Waals surface area contributed by atoms with Crippen LogP contribution in [0.25, 0.3) is 0 Å². The Bertz CT molecular complexity index is 725. The van der Waals surface area contributed by atoms with Crippen molar-refractivity contribution in [3.05, 3.63) is 44.7 Å². The number of ketones is 1. The molecule has 8 heteroatoms. The van der Waals surface area contributed by atoms with Gasteiger partial charge in [0.05, 0.1) is 16.0 Å². The quantitative estimate of drug-likeness (QED) is 0.683. The summed E-state index contributed by atoms with van der Waals surface area (Å²) in [6.45, 7) is 0. The van der Waals surface area contributed by atoms with Crippen molar-refractivity contribution >= 4 is 52.0 Å². The molecule has 0 unspecified atom stereocenters. The van der Waals surface area contributed by atoms with Crippen LogP contribution in [0, 0.1) is 17.2 Å². The van der Waals surface area contributed by atoms with Crippen molar-refractivity contribution in [2.75, 3.05) is 5.32 Å². The Morgan fingerprint density at radius 1 is 1.38 bits per heavy atom. The Hall–Kier alpha value is -1.94. The van der Waals surface area contributed by atoms with Gasteiger partial charge in [-0.3, -0.25) is 9.59 Å². The summed E-state index contributed by atoms with van der Waals surface area (Å²) in [5.41, 5.74) is 0.0642. The number of aromatic nitrogens is 1. The molecule has 2 rings (SSSR count). The number of pyridine rings is 1. The molecule has 21 heavy (non-hydrogen) atoms. The molecule has 2 aromatic rings. The fraction of sp³-hybridized carbons (Fsp3) is 0.0769. The smallest absolute Gasteiger partial charge is 0.250 e. The van der Waals surface area contributed by atoms with Crippen molar-refractivity contribution in [3.63, 3.8) is 0 Å². The van der Waals surface area contributed by atoms with E-state index >= 15 is 0 Å². The molecule has 1 atom stereocenters. The predicted molar refractivity (Wildman–Crippen MR) is 80.6 cm³/mol. The molecule has 0 bridgehead atoms. The zero-order valence-corrected chi connectivity index (χ0v) is 12.7. The molecule has 0 radical (unpaired) electrons. The first kappa shape index (κ1) is 15.4. The fourth-order valence-corrected chi connectivity index (χ4v) is 3.01. The molecule has 0 aromatic carbocycles. The van der Waals surface area contributed by atoms with Crippen LogP contribution < -0.4 is 5.32 Å². The average molecular weight is 340 g/mol. The van der Waals surface area contributed by atoms with E-state index in [1.807, 2.05) is 0 Å². The Kier molecular flexibility index (Phi) is 4.91. The Morgan fingerprint density at radius 2 is 2.14 bits per heavy atom. The minimum Gasteiger partial charge on any atom is -0.309 e. The highest BCUT2D eigenvalue weighted by Crippen LogP contribution is 2.32. The van der Waals surface area contributed by atoms with Crippen LogP contribution in [0.4, 0.5) is 5.82 Å². The van der Waals surface area contributed by atoms with Crippen molar-refractivity contribution in [1.29, 1.82) is 5.26 Å². The molecule has 0 spiro atoms. The Morgan fingerprint density at radius 3 is 2.67 bits per heavy atom. The van der Waals surface area contributed by atoms with Crippen LogP contribution in [0.2, 0.25) is 8.67 Å². The molecule has 5 nitrogen and oxygen atoms in total. The first-order valence-electron chi connectivity index (χ1n) is 5.63. The highest BCUT2D eigenvalue weighted by atomic mass is 35.5. The van der Waals surface area contributed by atoms with Crippen LogP contribution in [-0.4, -0.2) is 16.7 Å². The highest BCUT2D eigenvalue weighted by molar-refractivity contribution is 7.20. The second-order valence-corrected chi connectivity index (χ2v) is 6.15. The molecule has 0 aliphatic rings. The topological polar surface area (TPSA) is 82.8 Å². The van der Waals surface area contributed by atoms with E-state index in [4.69, 9.17) is 28.5 Å². The second-order valence-electron chi connectivity index (χ2n) is 3.87. The summed E-state index contributed by atoms with van der Waals surface area (Å²) >= 11 is 12.6. The minimum atomic E-state index is -1.52. The lowest BCUT2D eigenvalue weighted by molar-refractivity contribution is -0.117. The molecule has 2 aromatic heterocycles. The lowest BCUT2D eigenvalue weighted by Gasteiger charge is -2.08. The fourth-order valence-electron chi connectivity index (χ4n) is 1.54. The van der Waals surface area contributed by atoms with Gasteiger partial charge >= 0.3 is 0 Å². The van der Waals surface area contributed by atoms with E-state index in [1.165, 1.54) is 12.3 Å². The number of rotatable bonds is 4. The van der Waals surface area contributed by atoms with Crippen LogP contribution in [-0.2, 0) is 4.79 Å². The van der Waals surface area contributed by atoms with Gasteiger partial charge in [0.2, 0.25) is 0 Å². The largest absolute Gasteiger partial charge is 0.309 e. The first-order chi connectivity index (χ1) is 10.0. The summed E-state index contributed by atoms with van der Waals surface area (Å²) < 4.78 is 0.459. The maximum absolute atomic E-state index is 12.2. The van der Waals surface area contributed by atoms with Gasteiger partial charge in [-0.2, -0.15) is 5.26 Å². The molecular weight excluding hydrogens is 333 g/mol. The summed E-state index contributed by atoms with van der Waals surface area (Å²) in [5, 5.41) is 11.5. The summed E-state index contributed by atoms with van der Waals surface area (Å²) in [7, 11) is 0. The number of thiophene rings is 1. The number of hydrogen-bond donors (Lipinski definition) is 1. The summed E-state index contributed by atoms with van der Waals surface area (Å²) in [6, 6.07) is 7.90. The SMILES string of the molecule is N#C[C@H](C(=O)Nc1ccccn1)C(=O)c1cc(Cl)sc1Cl. The van der Waals surface area contributed by atoms with Crippen LogP contribution in [0.15, 0.2) is 30.5 Å². The molecule has 0 saturated heterocycles. The minimum absolute atomic E-state index is 0.0642. The van der Waals surface area contributed by atoms with E-state index in [-0.39, 0.29) is 15.7 Å². The third kappa shape index (κ3) is 3.58. The molecule has 0 fully saturated rings. The van der Waals surface area contributed by atoms with Crippen molar-refractivity contribution in [1.82, 2.24) is 4.98 Å². The maximum atomic E-state index is 12.2. The summed E-state index contributed by atoms with van der Waals surface area (Å²) in [4.78, 5) is 28.1. The van der Waals surface area contributed by atoms with Gasteiger partial charge in [0, 0.05) is 6.20 Å². The number of nitrogens with zero attached hydrogens (tertiary/aromatic N) is 2. The van der Waals surface area contributed by atoms with Crippen molar-refractivity contribution in [3.8, 4) is 6.07 Å². The predicted octanol–water partition coefficient (Wildman–Crippen LogP) is 3.41. The van der Waals surface area contributed by atoms with Gasteiger partial charge < -0.3 is 5.32 Å². The third-order valence-electron chi connectivity index (χ3n) is 2.49. The van der Waals surface area contributed by atoms with Gasteiger partial charge in [-0.1, -0.05) is 29.3 Å². The molecule has 1 N–H and O–H groups in total.